The van der Waals surface area contributed by atoms with Crippen molar-refractivity contribution in [1.29, 1.82) is 0 Å². The molecule has 1 atom stereocenters. The summed E-state index contributed by atoms with van der Waals surface area (Å²) < 4.78 is 16.6. The van der Waals surface area contributed by atoms with E-state index in [-0.39, 0.29) is 6.10 Å². The van der Waals surface area contributed by atoms with Crippen LogP contribution in [-0.4, -0.2) is 19.3 Å². The molecule has 1 saturated heterocycles. The molecule has 1 N–H and O–H groups in total. The molecule has 0 amide bonds. The van der Waals surface area contributed by atoms with Gasteiger partial charge in [0.05, 0.1) is 18.9 Å². The maximum atomic E-state index is 5.78. The predicted molar refractivity (Wildman–Crippen MR) is 76.9 cm³/mol. The van der Waals surface area contributed by atoms with Gasteiger partial charge in [0.15, 0.2) is 0 Å². The lowest BCUT2D eigenvalue weighted by Gasteiger charge is -2.12. The van der Waals surface area contributed by atoms with Crippen molar-refractivity contribution in [3.8, 4) is 5.75 Å². The van der Waals surface area contributed by atoms with Gasteiger partial charge in [0.25, 0.3) is 0 Å². The van der Waals surface area contributed by atoms with Gasteiger partial charge in [0.1, 0.15) is 18.1 Å². The Bertz CT molecular complexity index is 518. The molecule has 0 aliphatic carbocycles. The number of hydrogen-bond acceptors (Lipinski definition) is 4. The Morgan fingerprint density at radius 3 is 3.05 bits per heavy atom. The Morgan fingerprint density at radius 1 is 1.25 bits per heavy atom. The lowest BCUT2D eigenvalue weighted by molar-refractivity contribution is 0.0680. The number of furan rings is 1. The molecule has 106 valence electrons. The van der Waals surface area contributed by atoms with E-state index in [0.29, 0.717) is 13.2 Å². The normalized spacial score (nSPS) is 18.1. The van der Waals surface area contributed by atoms with Crippen LogP contribution in [0, 0.1) is 0 Å². The van der Waals surface area contributed by atoms with Crippen LogP contribution in [0.1, 0.15) is 18.6 Å². The molecular weight excluding hydrogens is 254 g/mol. The molecule has 0 spiro atoms. The number of hydrogen-bond donors (Lipinski definition) is 1. The molecule has 1 aliphatic rings. The highest BCUT2D eigenvalue weighted by molar-refractivity contribution is 5.48. The zero-order valence-corrected chi connectivity index (χ0v) is 11.4. The monoisotopic (exact) mass is 273 g/mol. The van der Waals surface area contributed by atoms with Crippen molar-refractivity contribution in [2.75, 3.05) is 18.5 Å². The van der Waals surface area contributed by atoms with Crippen molar-refractivity contribution in [2.45, 2.75) is 25.5 Å². The molecule has 0 radical (unpaired) electrons. The standard InChI is InChI=1S/C16H19NO3/c1-4-13(17-11-15-6-2-8-18-15)10-14(5-1)20-12-16-7-3-9-19-16/h1-2,4-6,8,10,16-17H,3,7,9,11-12H2/t16-/m0/s1. The molecule has 20 heavy (non-hydrogen) atoms. The summed E-state index contributed by atoms with van der Waals surface area (Å²) in [5, 5.41) is 3.31. The fourth-order valence-corrected chi connectivity index (χ4v) is 2.26. The van der Waals surface area contributed by atoms with Crippen LogP contribution in [0.2, 0.25) is 0 Å². The van der Waals surface area contributed by atoms with Gasteiger partial charge in [-0.3, -0.25) is 0 Å². The van der Waals surface area contributed by atoms with Gasteiger partial charge in [0, 0.05) is 18.4 Å². The highest BCUT2D eigenvalue weighted by Gasteiger charge is 2.15. The van der Waals surface area contributed by atoms with Gasteiger partial charge in [-0.15, -0.1) is 0 Å². The summed E-state index contributed by atoms with van der Waals surface area (Å²) >= 11 is 0. The van der Waals surface area contributed by atoms with Crippen LogP contribution < -0.4 is 10.1 Å². The van der Waals surface area contributed by atoms with Gasteiger partial charge >= 0.3 is 0 Å². The minimum Gasteiger partial charge on any atom is -0.491 e. The summed E-state index contributed by atoms with van der Waals surface area (Å²) in [5.41, 5.74) is 1.02. The predicted octanol–water partition coefficient (Wildman–Crippen LogP) is 3.45. The van der Waals surface area contributed by atoms with E-state index in [9.17, 15) is 0 Å². The smallest absolute Gasteiger partial charge is 0.122 e. The number of ether oxygens (including phenoxy) is 2. The summed E-state index contributed by atoms with van der Waals surface area (Å²) in [4.78, 5) is 0. The summed E-state index contributed by atoms with van der Waals surface area (Å²) in [6.45, 7) is 2.16. The second-order valence-electron chi connectivity index (χ2n) is 4.91. The topological polar surface area (TPSA) is 43.6 Å². The summed E-state index contributed by atoms with van der Waals surface area (Å²) in [7, 11) is 0. The summed E-state index contributed by atoms with van der Waals surface area (Å²) in [6, 6.07) is 11.8. The first-order valence-corrected chi connectivity index (χ1v) is 7.01. The first kappa shape index (κ1) is 13.1. The third-order valence-electron chi connectivity index (χ3n) is 3.34. The second kappa shape index (κ2) is 6.48. The van der Waals surface area contributed by atoms with Crippen LogP contribution in [0.4, 0.5) is 5.69 Å². The SMILES string of the molecule is c1cc(NCc2ccco2)cc(OC[C@@H]2CCCO2)c1. The van der Waals surface area contributed by atoms with E-state index in [0.717, 1.165) is 36.6 Å². The van der Waals surface area contributed by atoms with Crippen molar-refractivity contribution < 1.29 is 13.9 Å². The van der Waals surface area contributed by atoms with Gasteiger partial charge in [-0.05, 0) is 37.1 Å². The average Bonchev–Trinajstić information content (AvgIpc) is 3.17. The third kappa shape index (κ3) is 3.54. The largest absolute Gasteiger partial charge is 0.491 e. The quantitative estimate of drug-likeness (QED) is 0.875. The van der Waals surface area contributed by atoms with Crippen LogP contribution in [-0.2, 0) is 11.3 Å². The third-order valence-corrected chi connectivity index (χ3v) is 3.34. The van der Waals surface area contributed by atoms with Crippen LogP contribution >= 0.6 is 0 Å². The van der Waals surface area contributed by atoms with E-state index in [2.05, 4.69) is 5.32 Å². The Morgan fingerprint density at radius 2 is 2.25 bits per heavy atom. The van der Waals surface area contributed by atoms with E-state index in [4.69, 9.17) is 13.9 Å². The van der Waals surface area contributed by atoms with E-state index >= 15 is 0 Å². The minimum atomic E-state index is 0.245. The highest BCUT2D eigenvalue weighted by atomic mass is 16.5. The molecule has 1 aromatic heterocycles. The van der Waals surface area contributed by atoms with Crippen molar-refractivity contribution in [3.63, 3.8) is 0 Å². The van der Waals surface area contributed by atoms with Crippen LogP contribution in [0.5, 0.6) is 5.75 Å². The maximum Gasteiger partial charge on any atom is 0.122 e. The van der Waals surface area contributed by atoms with Gasteiger partial charge < -0.3 is 19.2 Å². The van der Waals surface area contributed by atoms with E-state index in [1.807, 2.05) is 36.4 Å². The Kier molecular flexibility index (Phi) is 4.23. The Balaban J connectivity index is 1.52. The zero-order valence-electron chi connectivity index (χ0n) is 11.4. The lowest BCUT2D eigenvalue weighted by Crippen LogP contribution is -2.16. The van der Waals surface area contributed by atoms with E-state index in [1.54, 1.807) is 6.26 Å². The fraction of sp³-hybridized carbons (Fsp3) is 0.375. The summed E-state index contributed by atoms with van der Waals surface area (Å²) in [5.74, 6) is 1.78. The molecule has 0 saturated carbocycles. The van der Waals surface area contributed by atoms with Crippen LogP contribution in [0.3, 0.4) is 0 Å². The molecule has 0 unspecified atom stereocenters. The average molecular weight is 273 g/mol. The first-order chi connectivity index (χ1) is 9.90. The molecule has 3 rings (SSSR count). The molecule has 2 aromatic rings. The van der Waals surface area contributed by atoms with Crippen molar-refractivity contribution in [3.05, 3.63) is 48.4 Å². The van der Waals surface area contributed by atoms with Gasteiger partial charge in [-0.2, -0.15) is 0 Å². The lowest BCUT2D eigenvalue weighted by atomic mass is 10.2. The van der Waals surface area contributed by atoms with Crippen LogP contribution in [0.25, 0.3) is 0 Å². The van der Waals surface area contributed by atoms with E-state index < -0.39 is 0 Å². The molecule has 4 heteroatoms. The van der Waals surface area contributed by atoms with Crippen molar-refractivity contribution in [1.82, 2.24) is 0 Å². The maximum absolute atomic E-state index is 5.78. The fourth-order valence-electron chi connectivity index (χ4n) is 2.26. The minimum absolute atomic E-state index is 0.245. The number of rotatable bonds is 6. The molecular formula is C16H19NO3. The molecule has 0 bridgehead atoms. The first-order valence-electron chi connectivity index (χ1n) is 7.01. The zero-order chi connectivity index (χ0) is 13.6. The molecule has 2 heterocycles. The number of nitrogens with one attached hydrogen (secondary N) is 1. The van der Waals surface area contributed by atoms with Crippen LogP contribution in [0.15, 0.2) is 47.1 Å². The van der Waals surface area contributed by atoms with E-state index in [1.165, 1.54) is 0 Å². The molecule has 1 fully saturated rings. The van der Waals surface area contributed by atoms with Gasteiger partial charge in [-0.25, -0.2) is 0 Å². The molecule has 1 aliphatic heterocycles. The number of anilines is 1. The molecule has 1 aromatic carbocycles. The Labute approximate surface area is 118 Å². The molecule has 4 nitrogen and oxygen atoms in total. The van der Waals surface area contributed by atoms with Gasteiger partial charge in [0.2, 0.25) is 0 Å². The van der Waals surface area contributed by atoms with Crippen molar-refractivity contribution in [2.24, 2.45) is 0 Å². The second-order valence-corrected chi connectivity index (χ2v) is 4.91. The highest BCUT2D eigenvalue weighted by Crippen LogP contribution is 2.20. The van der Waals surface area contributed by atoms with Crippen molar-refractivity contribution >= 4 is 5.69 Å². The number of benzene rings is 1. The Hall–Kier alpha value is -1.94. The summed E-state index contributed by atoms with van der Waals surface area (Å²) in [6.07, 6.45) is 4.16. The van der Waals surface area contributed by atoms with Gasteiger partial charge in [-0.1, -0.05) is 6.07 Å².